The Balaban J connectivity index is 2.50. The summed E-state index contributed by atoms with van der Waals surface area (Å²) in [5.41, 5.74) is 5.76. The second kappa shape index (κ2) is 6.27. The number of hydrogen-bond acceptors (Lipinski definition) is 3. The van der Waals surface area contributed by atoms with Crippen molar-refractivity contribution in [2.45, 2.75) is 13.3 Å². The Labute approximate surface area is 93.6 Å². The van der Waals surface area contributed by atoms with Crippen molar-refractivity contribution in [1.29, 1.82) is 0 Å². The Hall–Kier alpha value is -1.36. The van der Waals surface area contributed by atoms with Crippen LogP contribution in [0.2, 0.25) is 0 Å². The molecular formula is C11H16F2N2O. The number of nitrogens with one attached hydrogen (secondary N) is 1. The fourth-order valence-electron chi connectivity index (χ4n) is 1.28. The average molecular weight is 230 g/mol. The quantitative estimate of drug-likeness (QED) is 0.582. The van der Waals surface area contributed by atoms with Gasteiger partial charge in [-0.05, 0) is 25.5 Å². The molecule has 5 heteroatoms. The van der Waals surface area contributed by atoms with Crippen LogP contribution < -0.4 is 11.1 Å². The third-order valence-corrected chi connectivity index (χ3v) is 2.10. The van der Waals surface area contributed by atoms with Gasteiger partial charge in [-0.1, -0.05) is 0 Å². The number of nitrogen functional groups attached to an aromatic ring is 1. The molecule has 1 rings (SSSR count). The van der Waals surface area contributed by atoms with Crippen LogP contribution in [0.5, 0.6) is 0 Å². The minimum Gasteiger partial charge on any atom is -0.397 e. The van der Waals surface area contributed by atoms with Gasteiger partial charge in [0.15, 0.2) is 11.6 Å². The average Bonchev–Trinajstić information content (AvgIpc) is 2.28. The molecule has 0 saturated heterocycles. The summed E-state index contributed by atoms with van der Waals surface area (Å²) in [5, 5.41) is 2.76. The van der Waals surface area contributed by atoms with Gasteiger partial charge in [0.1, 0.15) is 0 Å². The first-order valence-corrected chi connectivity index (χ1v) is 5.22. The molecule has 0 aliphatic rings. The Morgan fingerprint density at radius 1 is 1.38 bits per heavy atom. The molecule has 0 amide bonds. The summed E-state index contributed by atoms with van der Waals surface area (Å²) in [6.45, 7) is 3.62. The van der Waals surface area contributed by atoms with Crippen molar-refractivity contribution in [3.8, 4) is 0 Å². The van der Waals surface area contributed by atoms with Crippen molar-refractivity contribution in [1.82, 2.24) is 0 Å². The minimum absolute atomic E-state index is 0.0245. The first-order valence-electron chi connectivity index (χ1n) is 5.22. The van der Waals surface area contributed by atoms with Gasteiger partial charge in [-0.15, -0.1) is 0 Å². The van der Waals surface area contributed by atoms with Gasteiger partial charge >= 0.3 is 0 Å². The van der Waals surface area contributed by atoms with E-state index in [1.165, 1.54) is 6.07 Å². The molecule has 90 valence electrons. The molecular weight excluding hydrogens is 214 g/mol. The molecule has 1 aromatic carbocycles. The molecule has 0 heterocycles. The van der Waals surface area contributed by atoms with Gasteiger partial charge in [0.2, 0.25) is 0 Å². The molecule has 3 nitrogen and oxygen atoms in total. The van der Waals surface area contributed by atoms with E-state index >= 15 is 0 Å². The number of nitrogens with two attached hydrogens (primary N) is 1. The number of hydrogen-bond donors (Lipinski definition) is 2. The molecule has 16 heavy (non-hydrogen) atoms. The maximum absolute atomic E-state index is 13.3. The number of anilines is 2. The van der Waals surface area contributed by atoms with E-state index in [0.29, 0.717) is 26.2 Å². The Morgan fingerprint density at radius 2 is 2.12 bits per heavy atom. The van der Waals surface area contributed by atoms with Crippen molar-refractivity contribution >= 4 is 11.4 Å². The molecule has 0 unspecified atom stereocenters. The third-order valence-electron chi connectivity index (χ3n) is 2.10. The van der Waals surface area contributed by atoms with E-state index in [0.717, 1.165) is 6.07 Å². The molecule has 0 fully saturated rings. The lowest BCUT2D eigenvalue weighted by molar-refractivity contribution is 0.147. The lowest BCUT2D eigenvalue weighted by atomic mass is 10.2. The van der Waals surface area contributed by atoms with Crippen LogP contribution in [0.4, 0.5) is 20.2 Å². The summed E-state index contributed by atoms with van der Waals surface area (Å²) in [6, 6.07) is 2.35. The standard InChI is InChI=1S/C11H16F2N2O/c1-2-16-7-3-6-15-11-9(14)5-4-8(12)10(11)13/h4-5,15H,2-3,6-7,14H2,1H3. The zero-order valence-corrected chi connectivity index (χ0v) is 9.22. The van der Waals surface area contributed by atoms with E-state index in [1.54, 1.807) is 0 Å². The van der Waals surface area contributed by atoms with E-state index in [-0.39, 0.29) is 11.4 Å². The molecule has 0 aliphatic carbocycles. The smallest absolute Gasteiger partial charge is 0.183 e. The van der Waals surface area contributed by atoms with Gasteiger partial charge in [-0.2, -0.15) is 0 Å². The van der Waals surface area contributed by atoms with Crippen molar-refractivity contribution in [3.05, 3.63) is 23.8 Å². The second-order valence-corrected chi connectivity index (χ2v) is 3.30. The molecule has 0 aliphatic heterocycles. The topological polar surface area (TPSA) is 47.3 Å². The number of ether oxygens (including phenoxy) is 1. The van der Waals surface area contributed by atoms with Crippen LogP contribution in [0.25, 0.3) is 0 Å². The molecule has 3 N–H and O–H groups in total. The summed E-state index contributed by atoms with van der Waals surface area (Å²) < 4.78 is 31.3. The zero-order chi connectivity index (χ0) is 12.0. The van der Waals surface area contributed by atoms with Crippen LogP contribution in [0.3, 0.4) is 0 Å². The summed E-state index contributed by atoms with van der Waals surface area (Å²) in [4.78, 5) is 0. The summed E-state index contributed by atoms with van der Waals surface area (Å²) >= 11 is 0. The maximum Gasteiger partial charge on any atom is 0.183 e. The fraction of sp³-hybridized carbons (Fsp3) is 0.455. The first-order chi connectivity index (χ1) is 7.66. The van der Waals surface area contributed by atoms with Gasteiger partial charge in [0.25, 0.3) is 0 Å². The predicted octanol–water partition coefficient (Wildman–Crippen LogP) is 2.39. The highest BCUT2D eigenvalue weighted by Crippen LogP contribution is 2.24. The number of rotatable bonds is 6. The van der Waals surface area contributed by atoms with E-state index < -0.39 is 11.6 Å². The van der Waals surface area contributed by atoms with Crippen LogP contribution in [0, 0.1) is 11.6 Å². The van der Waals surface area contributed by atoms with Crippen molar-refractivity contribution < 1.29 is 13.5 Å². The van der Waals surface area contributed by atoms with Crippen molar-refractivity contribution in [2.24, 2.45) is 0 Å². The van der Waals surface area contributed by atoms with Crippen molar-refractivity contribution in [3.63, 3.8) is 0 Å². The van der Waals surface area contributed by atoms with Gasteiger partial charge in [-0.25, -0.2) is 8.78 Å². The molecule has 0 saturated carbocycles. The van der Waals surface area contributed by atoms with E-state index in [4.69, 9.17) is 10.5 Å². The van der Waals surface area contributed by atoms with Crippen LogP contribution in [-0.4, -0.2) is 19.8 Å². The normalized spacial score (nSPS) is 10.4. The molecule has 0 spiro atoms. The van der Waals surface area contributed by atoms with E-state index in [2.05, 4.69) is 5.32 Å². The number of halogens is 2. The van der Waals surface area contributed by atoms with Crippen LogP contribution >= 0.6 is 0 Å². The molecule has 1 aromatic rings. The number of benzene rings is 1. The summed E-state index contributed by atoms with van der Waals surface area (Å²) in [7, 11) is 0. The molecule has 0 aromatic heterocycles. The highest BCUT2D eigenvalue weighted by atomic mass is 19.2. The highest BCUT2D eigenvalue weighted by Gasteiger charge is 2.10. The van der Waals surface area contributed by atoms with E-state index in [9.17, 15) is 8.78 Å². The third kappa shape index (κ3) is 3.34. The predicted molar refractivity (Wildman–Crippen MR) is 60.4 cm³/mol. The molecule has 0 bridgehead atoms. The fourth-order valence-corrected chi connectivity index (χ4v) is 1.28. The van der Waals surface area contributed by atoms with Crippen LogP contribution in [0.1, 0.15) is 13.3 Å². The highest BCUT2D eigenvalue weighted by molar-refractivity contribution is 5.66. The minimum atomic E-state index is -0.934. The SMILES string of the molecule is CCOCCCNc1c(N)ccc(F)c1F. The summed E-state index contributed by atoms with van der Waals surface area (Å²) in [6.07, 6.45) is 0.712. The maximum atomic E-state index is 13.3. The largest absolute Gasteiger partial charge is 0.397 e. The first kappa shape index (κ1) is 12.7. The van der Waals surface area contributed by atoms with Crippen LogP contribution in [0.15, 0.2) is 12.1 Å². The van der Waals surface area contributed by atoms with Crippen molar-refractivity contribution in [2.75, 3.05) is 30.8 Å². The monoisotopic (exact) mass is 230 g/mol. The van der Waals surface area contributed by atoms with E-state index in [1.807, 2.05) is 6.92 Å². The van der Waals surface area contributed by atoms with Gasteiger partial charge in [-0.3, -0.25) is 0 Å². The molecule has 0 atom stereocenters. The Kier molecular flexibility index (Phi) is 4.98. The lowest BCUT2D eigenvalue weighted by Gasteiger charge is -2.10. The van der Waals surface area contributed by atoms with Gasteiger partial charge in [0.05, 0.1) is 11.4 Å². The summed E-state index contributed by atoms with van der Waals surface area (Å²) in [5.74, 6) is -1.84. The Morgan fingerprint density at radius 3 is 2.81 bits per heavy atom. The second-order valence-electron chi connectivity index (χ2n) is 3.30. The Bertz CT molecular complexity index is 345. The lowest BCUT2D eigenvalue weighted by Crippen LogP contribution is -2.09. The zero-order valence-electron chi connectivity index (χ0n) is 9.22. The van der Waals surface area contributed by atoms with Crippen LogP contribution in [-0.2, 0) is 4.74 Å². The molecule has 0 radical (unpaired) electrons. The van der Waals surface area contributed by atoms with Gasteiger partial charge in [0, 0.05) is 19.8 Å². The van der Waals surface area contributed by atoms with Gasteiger partial charge < -0.3 is 15.8 Å².